The number of rotatable bonds is 6. The summed E-state index contributed by atoms with van der Waals surface area (Å²) >= 11 is 1.41. The van der Waals surface area contributed by atoms with Crippen LogP contribution in [0.5, 0.6) is 0 Å². The van der Waals surface area contributed by atoms with Crippen LogP contribution in [0, 0.1) is 5.82 Å². The summed E-state index contributed by atoms with van der Waals surface area (Å²) in [5, 5.41) is 2.62. The molecule has 2 aromatic carbocycles. The highest BCUT2D eigenvalue weighted by molar-refractivity contribution is 7.12. The second-order valence-corrected chi connectivity index (χ2v) is 9.68. The van der Waals surface area contributed by atoms with Crippen LogP contribution < -0.4 is 10.5 Å². The molecule has 7 nitrogen and oxygen atoms in total. The summed E-state index contributed by atoms with van der Waals surface area (Å²) < 4.78 is 20.3. The summed E-state index contributed by atoms with van der Waals surface area (Å²) in [6, 6.07) is 17.0. The quantitative estimate of drug-likeness (QED) is 0.354. The maximum atomic E-state index is 13.9. The Morgan fingerprint density at radius 3 is 2.38 bits per heavy atom. The number of carbonyl (C=O) groups excluding carboxylic acids is 2. The second-order valence-electron chi connectivity index (χ2n) is 8.74. The highest BCUT2D eigenvalue weighted by Crippen LogP contribution is 2.31. The molecule has 4 aromatic rings. The molecule has 3 heterocycles. The molecule has 0 bridgehead atoms. The third-order valence-electron chi connectivity index (χ3n) is 6.49. The van der Waals surface area contributed by atoms with E-state index in [1.54, 1.807) is 24.0 Å². The van der Waals surface area contributed by atoms with Gasteiger partial charge in [0.25, 0.3) is 11.5 Å². The second kappa shape index (κ2) is 10.6. The van der Waals surface area contributed by atoms with Gasteiger partial charge in [0.2, 0.25) is 0 Å². The van der Waals surface area contributed by atoms with E-state index >= 15 is 0 Å². The van der Waals surface area contributed by atoms with Gasteiger partial charge in [-0.1, -0.05) is 36.4 Å². The van der Waals surface area contributed by atoms with Crippen LogP contribution in [0.4, 0.5) is 10.1 Å². The van der Waals surface area contributed by atoms with Gasteiger partial charge in [0.15, 0.2) is 0 Å². The molecule has 1 fully saturated rings. The van der Waals surface area contributed by atoms with Crippen LogP contribution in [0.15, 0.2) is 70.8 Å². The molecule has 190 valence electrons. The topological polar surface area (TPSA) is 71.8 Å². The number of halogens is 1. The van der Waals surface area contributed by atoms with Gasteiger partial charge in [-0.15, -0.1) is 11.3 Å². The molecule has 0 atom stereocenters. The van der Waals surface area contributed by atoms with E-state index < -0.39 is 11.5 Å². The molecule has 1 aliphatic heterocycles. The van der Waals surface area contributed by atoms with Gasteiger partial charge in [-0.3, -0.25) is 9.59 Å². The van der Waals surface area contributed by atoms with E-state index in [1.165, 1.54) is 28.0 Å². The molecule has 0 spiro atoms. The van der Waals surface area contributed by atoms with E-state index in [0.717, 1.165) is 10.9 Å². The normalized spacial score (nSPS) is 13.7. The lowest BCUT2D eigenvalue weighted by Crippen LogP contribution is -2.49. The molecular weight excluding hydrogens is 493 g/mol. The minimum absolute atomic E-state index is 0.0140. The summed E-state index contributed by atoms with van der Waals surface area (Å²) in [5.41, 5.74) is 1.43. The number of hydrogen-bond donors (Lipinski definition) is 0. The average Bonchev–Trinajstić information content (AvgIpc) is 3.46. The van der Waals surface area contributed by atoms with Crippen LogP contribution in [-0.2, 0) is 11.3 Å². The van der Waals surface area contributed by atoms with Crippen LogP contribution >= 0.6 is 11.3 Å². The standard InChI is InChI=1S/C28H26FN3O4S/c1-2-36-28(35)24-25(30-13-15-31(16-14-30)26(33)23-8-5-17-37-23)21-6-3-4-7-22(21)32(27(24)34)18-19-9-11-20(29)12-10-19/h3-12,17H,2,13-16,18H2,1H3. The number of benzene rings is 2. The SMILES string of the molecule is CCOC(=O)c1c(N2CCN(C(=O)c3cccs3)CC2)c2ccccc2n(Cc2ccc(F)cc2)c1=O. The number of carbonyl (C=O) groups is 2. The maximum Gasteiger partial charge on any atom is 0.345 e. The molecule has 9 heteroatoms. The highest BCUT2D eigenvalue weighted by atomic mass is 32.1. The molecule has 37 heavy (non-hydrogen) atoms. The van der Waals surface area contributed by atoms with Crippen molar-refractivity contribution in [2.24, 2.45) is 0 Å². The third-order valence-corrected chi connectivity index (χ3v) is 7.35. The van der Waals surface area contributed by atoms with E-state index in [4.69, 9.17) is 4.74 Å². The molecule has 1 amide bonds. The number of piperazine rings is 1. The largest absolute Gasteiger partial charge is 0.462 e. The first-order valence-corrected chi connectivity index (χ1v) is 13.0. The molecule has 0 aliphatic carbocycles. The van der Waals surface area contributed by atoms with Crippen LogP contribution in [0.1, 0.15) is 32.5 Å². The number of ether oxygens (including phenoxy) is 1. The summed E-state index contributed by atoms with van der Waals surface area (Å²) in [6.07, 6.45) is 0. The van der Waals surface area contributed by atoms with Gasteiger partial charge in [-0.05, 0) is 42.1 Å². The maximum absolute atomic E-state index is 13.9. The van der Waals surface area contributed by atoms with Crippen molar-refractivity contribution in [1.29, 1.82) is 0 Å². The summed E-state index contributed by atoms with van der Waals surface area (Å²) in [7, 11) is 0. The fourth-order valence-electron chi connectivity index (χ4n) is 4.72. The van der Waals surface area contributed by atoms with Crippen molar-refractivity contribution in [2.45, 2.75) is 13.5 Å². The zero-order valence-corrected chi connectivity index (χ0v) is 21.2. The Bertz CT molecular complexity index is 1490. The van der Waals surface area contributed by atoms with Crippen LogP contribution in [0.3, 0.4) is 0 Å². The molecule has 0 N–H and O–H groups in total. The molecule has 0 unspecified atom stereocenters. The first kappa shape index (κ1) is 24.7. The van der Waals surface area contributed by atoms with E-state index in [2.05, 4.69) is 0 Å². The minimum atomic E-state index is -0.682. The van der Waals surface area contributed by atoms with Gasteiger partial charge in [-0.2, -0.15) is 0 Å². The van der Waals surface area contributed by atoms with Crippen LogP contribution in [0.25, 0.3) is 10.9 Å². The van der Waals surface area contributed by atoms with Gasteiger partial charge < -0.3 is 19.1 Å². The fourth-order valence-corrected chi connectivity index (χ4v) is 5.41. The Morgan fingerprint density at radius 1 is 0.973 bits per heavy atom. The smallest absolute Gasteiger partial charge is 0.345 e. The predicted octanol–water partition coefficient (Wildman–Crippen LogP) is 4.39. The number of esters is 1. The Labute approximate surface area is 217 Å². The van der Waals surface area contributed by atoms with Crippen molar-refractivity contribution < 1.29 is 18.7 Å². The Balaban J connectivity index is 1.57. The van der Waals surface area contributed by atoms with Gasteiger partial charge in [0, 0.05) is 31.6 Å². The first-order valence-electron chi connectivity index (χ1n) is 12.1. The lowest BCUT2D eigenvalue weighted by molar-refractivity contribution is 0.0523. The Hall–Kier alpha value is -3.98. The molecule has 5 rings (SSSR count). The number of anilines is 1. The number of amides is 1. The monoisotopic (exact) mass is 519 g/mol. The van der Waals surface area contributed by atoms with Crippen molar-refractivity contribution in [3.05, 3.63) is 98.2 Å². The summed E-state index contributed by atoms with van der Waals surface area (Å²) in [4.78, 5) is 44.4. The highest BCUT2D eigenvalue weighted by Gasteiger charge is 2.30. The van der Waals surface area contributed by atoms with E-state index in [0.29, 0.717) is 42.3 Å². The molecule has 0 radical (unpaired) electrons. The van der Waals surface area contributed by atoms with Crippen molar-refractivity contribution in [3.8, 4) is 0 Å². The van der Waals surface area contributed by atoms with E-state index in [1.807, 2.05) is 46.7 Å². The van der Waals surface area contributed by atoms with E-state index in [-0.39, 0.29) is 30.4 Å². The lowest BCUT2D eigenvalue weighted by atomic mass is 10.0. The van der Waals surface area contributed by atoms with Crippen molar-refractivity contribution in [1.82, 2.24) is 9.47 Å². The molecule has 1 aliphatic rings. The number of fused-ring (bicyclic) bond motifs is 1. The first-order chi connectivity index (χ1) is 18.0. The summed E-state index contributed by atoms with van der Waals surface area (Å²) in [5.74, 6) is -1.06. The number of para-hydroxylation sites is 1. The Kier molecular flexibility index (Phi) is 7.05. The zero-order chi connectivity index (χ0) is 25.9. The van der Waals surface area contributed by atoms with Crippen LogP contribution in [-0.4, -0.2) is 54.1 Å². The predicted molar refractivity (Wildman–Crippen MR) is 142 cm³/mol. The average molecular weight is 520 g/mol. The van der Waals surface area contributed by atoms with Gasteiger partial charge >= 0.3 is 5.97 Å². The van der Waals surface area contributed by atoms with Crippen molar-refractivity contribution in [3.63, 3.8) is 0 Å². The fraction of sp³-hybridized carbons (Fsp3) is 0.250. The van der Waals surface area contributed by atoms with Crippen molar-refractivity contribution >= 4 is 39.8 Å². The van der Waals surface area contributed by atoms with Gasteiger partial charge in [-0.25, -0.2) is 9.18 Å². The van der Waals surface area contributed by atoms with Crippen molar-refractivity contribution in [2.75, 3.05) is 37.7 Å². The number of thiophene rings is 1. The molecule has 2 aromatic heterocycles. The number of nitrogens with zero attached hydrogens (tertiary/aromatic N) is 3. The zero-order valence-electron chi connectivity index (χ0n) is 20.4. The van der Waals surface area contributed by atoms with Gasteiger partial charge in [0.1, 0.15) is 11.4 Å². The number of aromatic nitrogens is 1. The number of pyridine rings is 1. The summed E-state index contributed by atoms with van der Waals surface area (Å²) in [6.45, 7) is 3.87. The molecule has 0 saturated carbocycles. The lowest BCUT2D eigenvalue weighted by Gasteiger charge is -2.37. The van der Waals surface area contributed by atoms with Crippen LogP contribution in [0.2, 0.25) is 0 Å². The molecule has 1 saturated heterocycles. The Morgan fingerprint density at radius 2 is 1.70 bits per heavy atom. The number of hydrogen-bond acceptors (Lipinski definition) is 6. The van der Waals surface area contributed by atoms with E-state index in [9.17, 15) is 18.8 Å². The van der Waals surface area contributed by atoms with Gasteiger partial charge in [0.05, 0.1) is 29.2 Å². The minimum Gasteiger partial charge on any atom is -0.462 e. The molecular formula is C28H26FN3O4S. The third kappa shape index (κ3) is 4.86.